The van der Waals surface area contributed by atoms with E-state index in [0.29, 0.717) is 0 Å². The van der Waals surface area contributed by atoms with E-state index in [1.54, 1.807) is 0 Å². The molecule has 1 N–H and O–H groups in total. The van der Waals surface area contributed by atoms with Crippen molar-refractivity contribution in [1.29, 1.82) is 0 Å². The van der Waals surface area contributed by atoms with Gasteiger partial charge in [-0.05, 0) is 62.3 Å². The Labute approximate surface area is 332 Å². The van der Waals surface area contributed by atoms with E-state index < -0.39 is 0 Å². The minimum Gasteiger partial charge on any atom is -0.456 e. The second-order valence-corrected chi connectivity index (χ2v) is 15.5. The van der Waals surface area contributed by atoms with Crippen molar-refractivity contribution < 1.29 is 4.42 Å². The molecule has 4 heteroatoms. The number of benzene rings is 9. The van der Waals surface area contributed by atoms with Crippen molar-refractivity contribution in [1.82, 2.24) is 9.88 Å². The first-order valence-corrected chi connectivity index (χ1v) is 19.9. The second kappa shape index (κ2) is 11.9. The Balaban J connectivity index is 1.20. The smallest absolute Gasteiger partial charge is 0.209 e. The van der Waals surface area contributed by atoms with E-state index in [1.165, 1.54) is 70.6 Å². The van der Waals surface area contributed by atoms with Crippen LogP contribution < -0.4 is 5.32 Å². The molecule has 2 aromatic heterocycles. The maximum Gasteiger partial charge on any atom is 0.209 e. The van der Waals surface area contributed by atoms with Gasteiger partial charge in [0.2, 0.25) is 5.96 Å². The highest BCUT2D eigenvalue weighted by molar-refractivity contribution is 6.40. The zero-order chi connectivity index (χ0) is 37.9. The fraction of sp³-hybridized carbons (Fsp3) is 0.0185. The second-order valence-electron chi connectivity index (χ2n) is 15.5. The topological polar surface area (TPSA) is 42.5 Å². The van der Waals surface area contributed by atoms with Crippen molar-refractivity contribution in [2.75, 3.05) is 0 Å². The molecule has 1 aliphatic carbocycles. The first-order chi connectivity index (χ1) is 28.8. The molecule has 2 aliphatic rings. The number of fused-ring (bicyclic) bond motifs is 16. The van der Waals surface area contributed by atoms with Crippen LogP contribution in [-0.4, -0.2) is 16.6 Å². The lowest BCUT2D eigenvalue weighted by Crippen LogP contribution is -2.42. The normalized spacial score (nSPS) is 15.4. The lowest BCUT2D eigenvalue weighted by Gasteiger charge is -2.29. The summed E-state index contributed by atoms with van der Waals surface area (Å²) in [5.74, 6) is 0.815. The van der Waals surface area contributed by atoms with Crippen LogP contribution in [0.15, 0.2) is 203 Å². The summed E-state index contributed by atoms with van der Waals surface area (Å²) in [6.45, 7) is 0. The average Bonchev–Trinajstić information content (AvgIpc) is 3.85. The molecule has 0 amide bonds. The third kappa shape index (κ3) is 4.37. The Morgan fingerprint density at radius 1 is 0.483 bits per heavy atom. The molecule has 1 atom stereocenters. The summed E-state index contributed by atoms with van der Waals surface area (Å²) in [5.41, 5.74) is 9.73. The largest absolute Gasteiger partial charge is 0.456 e. The molecule has 0 bridgehead atoms. The molecule has 1 aliphatic heterocycles. The standard InChI is InChI=1S/C54H33N3O/c1-2-15-33(16-3-1)51-41-23-10-12-24-46(41)55-54(56-51)57-52-35-17-5-4-14-32(35)26-28-42(52)50-49-39-21-8-6-18-36(39)43(31-45(49)37-19-7-9-22-40(37)53(50)57)34-27-29-48-44(30-34)38-20-11-13-25-47(38)58-48/h1-31,46H,(H,55,56). The molecule has 1 unspecified atom stereocenters. The third-order valence-corrected chi connectivity index (χ3v) is 12.4. The molecule has 9 aromatic carbocycles. The Bertz CT molecular complexity index is 3710. The van der Waals surface area contributed by atoms with Crippen LogP contribution in [0, 0.1) is 0 Å². The number of hydrogen-bond acceptors (Lipinski definition) is 3. The molecule has 11 aromatic rings. The summed E-state index contributed by atoms with van der Waals surface area (Å²) >= 11 is 0. The molecule has 58 heavy (non-hydrogen) atoms. The van der Waals surface area contributed by atoms with Gasteiger partial charge in [-0.15, -0.1) is 0 Å². The summed E-state index contributed by atoms with van der Waals surface area (Å²) in [7, 11) is 0. The third-order valence-electron chi connectivity index (χ3n) is 12.4. The van der Waals surface area contributed by atoms with Gasteiger partial charge in [-0.1, -0.05) is 164 Å². The Morgan fingerprint density at radius 3 is 2.09 bits per heavy atom. The number of nitrogens with zero attached hydrogens (tertiary/aromatic N) is 2. The molecule has 13 rings (SSSR count). The quantitative estimate of drug-likeness (QED) is 0.179. The molecule has 3 heterocycles. The van der Waals surface area contributed by atoms with Crippen molar-refractivity contribution in [3.63, 3.8) is 0 Å². The van der Waals surface area contributed by atoms with Gasteiger partial charge >= 0.3 is 0 Å². The van der Waals surface area contributed by atoms with Gasteiger partial charge in [0.25, 0.3) is 0 Å². The maximum atomic E-state index is 6.26. The van der Waals surface area contributed by atoms with E-state index in [9.17, 15) is 0 Å². The van der Waals surface area contributed by atoms with Crippen molar-refractivity contribution >= 4 is 98.5 Å². The predicted molar refractivity (Wildman–Crippen MR) is 244 cm³/mol. The van der Waals surface area contributed by atoms with Gasteiger partial charge in [0, 0.05) is 48.8 Å². The number of para-hydroxylation sites is 1. The Kier molecular flexibility index (Phi) is 6.47. The van der Waals surface area contributed by atoms with Crippen LogP contribution in [-0.2, 0) is 0 Å². The van der Waals surface area contributed by atoms with E-state index in [2.05, 4.69) is 186 Å². The van der Waals surface area contributed by atoms with E-state index >= 15 is 0 Å². The molecule has 270 valence electrons. The van der Waals surface area contributed by atoms with Crippen LogP contribution >= 0.6 is 0 Å². The molecule has 0 radical (unpaired) electrons. The van der Waals surface area contributed by atoms with E-state index in [4.69, 9.17) is 9.41 Å². The number of aliphatic imine (C=N–C) groups is 1. The van der Waals surface area contributed by atoms with Gasteiger partial charge in [0.15, 0.2) is 0 Å². The minimum atomic E-state index is -0.0324. The summed E-state index contributed by atoms with van der Waals surface area (Å²) in [6.07, 6.45) is 8.68. The van der Waals surface area contributed by atoms with Crippen molar-refractivity contribution in [3.8, 4) is 11.1 Å². The number of allylic oxidation sites excluding steroid dienone is 2. The summed E-state index contributed by atoms with van der Waals surface area (Å²) in [6, 6.07) is 59.2. The number of furan rings is 1. The van der Waals surface area contributed by atoms with Gasteiger partial charge in [0.1, 0.15) is 11.2 Å². The first kappa shape index (κ1) is 31.5. The molecule has 4 nitrogen and oxygen atoms in total. The molecule has 0 saturated carbocycles. The molecule has 0 spiro atoms. The summed E-state index contributed by atoms with van der Waals surface area (Å²) in [4.78, 5) is 5.59. The first-order valence-electron chi connectivity index (χ1n) is 19.9. The fourth-order valence-corrected chi connectivity index (χ4v) is 9.86. The van der Waals surface area contributed by atoms with Crippen molar-refractivity contribution in [2.45, 2.75) is 6.04 Å². The van der Waals surface area contributed by atoms with E-state index in [0.717, 1.165) is 50.2 Å². The highest BCUT2D eigenvalue weighted by Gasteiger charge is 2.29. The van der Waals surface area contributed by atoms with E-state index in [1.807, 2.05) is 12.1 Å². The zero-order valence-corrected chi connectivity index (χ0v) is 31.3. The molecule has 0 saturated heterocycles. The number of aromatic nitrogens is 1. The van der Waals surface area contributed by atoms with Crippen LogP contribution in [0.25, 0.3) is 104 Å². The lowest BCUT2D eigenvalue weighted by atomic mass is 9.88. The van der Waals surface area contributed by atoms with Crippen LogP contribution in [0.4, 0.5) is 0 Å². The fourth-order valence-electron chi connectivity index (χ4n) is 9.86. The monoisotopic (exact) mass is 739 g/mol. The highest BCUT2D eigenvalue weighted by Crippen LogP contribution is 2.48. The number of rotatable bonds is 2. The number of nitrogens with one attached hydrogen (secondary N) is 1. The summed E-state index contributed by atoms with van der Waals surface area (Å²) < 4.78 is 8.70. The van der Waals surface area contributed by atoms with Crippen LogP contribution in [0.2, 0.25) is 0 Å². The van der Waals surface area contributed by atoms with Crippen molar-refractivity contribution in [2.24, 2.45) is 4.99 Å². The Morgan fingerprint density at radius 2 is 1.21 bits per heavy atom. The van der Waals surface area contributed by atoms with Gasteiger partial charge in [-0.2, -0.15) is 0 Å². The molecular weight excluding hydrogens is 707 g/mol. The van der Waals surface area contributed by atoms with Gasteiger partial charge in [-0.25, -0.2) is 4.99 Å². The van der Waals surface area contributed by atoms with E-state index in [-0.39, 0.29) is 6.04 Å². The predicted octanol–water partition coefficient (Wildman–Crippen LogP) is 13.7. The molecule has 0 fully saturated rings. The minimum absolute atomic E-state index is 0.0324. The van der Waals surface area contributed by atoms with Crippen LogP contribution in [0.3, 0.4) is 0 Å². The van der Waals surface area contributed by atoms with Crippen LogP contribution in [0.5, 0.6) is 0 Å². The lowest BCUT2D eigenvalue weighted by molar-refractivity contribution is 0.669. The SMILES string of the molecule is C1=CC2=C(c3ccccc3)N=C(n3c4c5ccccc5ccc4c4c5c6ccccc6c(-c6ccc7oc8ccccc8c7c6)cc5c5ccccc5c43)NC2C=C1. The Hall–Kier alpha value is -7.69. The van der Waals surface area contributed by atoms with Crippen molar-refractivity contribution in [3.05, 3.63) is 199 Å². The highest BCUT2D eigenvalue weighted by atomic mass is 16.3. The molecular formula is C54H33N3O. The van der Waals surface area contributed by atoms with Gasteiger partial charge < -0.3 is 9.73 Å². The van der Waals surface area contributed by atoms with Gasteiger partial charge in [-0.3, -0.25) is 4.57 Å². The maximum absolute atomic E-state index is 6.26. The summed E-state index contributed by atoms with van der Waals surface area (Å²) in [5, 5.41) is 18.3. The van der Waals surface area contributed by atoms with Gasteiger partial charge in [0.05, 0.1) is 22.8 Å². The van der Waals surface area contributed by atoms with Crippen LogP contribution in [0.1, 0.15) is 5.56 Å². The number of hydrogen-bond donors (Lipinski definition) is 1. The zero-order valence-electron chi connectivity index (χ0n) is 31.3. The average molecular weight is 740 g/mol.